The monoisotopic (exact) mass is 237 g/mol. The second-order valence-electron chi connectivity index (χ2n) is 5.01. The normalized spacial score (nSPS) is 11.4. The van der Waals surface area contributed by atoms with E-state index in [1.165, 1.54) is 0 Å². The van der Waals surface area contributed by atoms with Gasteiger partial charge in [-0.3, -0.25) is 0 Å². The quantitative estimate of drug-likeness (QED) is 0.854. The summed E-state index contributed by atoms with van der Waals surface area (Å²) in [5.74, 6) is 1.72. The third-order valence-corrected chi connectivity index (χ3v) is 2.38. The fourth-order valence-electron chi connectivity index (χ4n) is 1.46. The Labute approximate surface area is 104 Å². The molecule has 17 heavy (non-hydrogen) atoms. The van der Waals surface area contributed by atoms with Gasteiger partial charge in [-0.05, 0) is 33.8 Å². The van der Waals surface area contributed by atoms with Gasteiger partial charge in [-0.15, -0.1) is 0 Å². The molecule has 0 aliphatic rings. The summed E-state index contributed by atoms with van der Waals surface area (Å²) in [4.78, 5) is 0. The number of hydrogen-bond donors (Lipinski definition) is 1. The van der Waals surface area contributed by atoms with Gasteiger partial charge in [0.15, 0.2) is 0 Å². The zero-order valence-electron chi connectivity index (χ0n) is 11.5. The molecule has 0 spiro atoms. The molecule has 1 rings (SSSR count). The summed E-state index contributed by atoms with van der Waals surface area (Å²) in [5.41, 5.74) is 1.26. The Kier molecular flexibility index (Phi) is 4.82. The van der Waals surface area contributed by atoms with Gasteiger partial charge in [-0.2, -0.15) is 0 Å². The highest BCUT2D eigenvalue weighted by molar-refractivity contribution is 5.40. The van der Waals surface area contributed by atoms with Gasteiger partial charge in [-0.25, -0.2) is 0 Å². The van der Waals surface area contributed by atoms with Crippen molar-refractivity contribution in [2.24, 2.45) is 0 Å². The van der Waals surface area contributed by atoms with Crippen molar-refractivity contribution in [1.29, 1.82) is 0 Å². The van der Waals surface area contributed by atoms with E-state index in [2.05, 4.69) is 26.1 Å². The zero-order valence-corrected chi connectivity index (χ0v) is 11.5. The maximum absolute atomic E-state index is 5.62. The Morgan fingerprint density at radius 2 is 1.94 bits per heavy atom. The summed E-state index contributed by atoms with van der Waals surface area (Å²) in [6.45, 7) is 9.89. The molecule has 0 aliphatic carbocycles. The fourth-order valence-corrected chi connectivity index (χ4v) is 1.46. The average Bonchev–Trinajstić information content (AvgIpc) is 2.26. The van der Waals surface area contributed by atoms with Crippen molar-refractivity contribution >= 4 is 0 Å². The van der Waals surface area contributed by atoms with Crippen LogP contribution >= 0.6 is 0 Å². The molecule has 0 unspecified atom stereocenters. The summed E-state index contributed by atoms with van der Waals surface area (Å²) in [6.07, 6.45) is 0. The van der Waals surface area contributed by atoms with Crippen LogP contribution < -0.4 is 14.8 Å². The van der Waals surface area contributed by atoms with Gasteiger partial charge in [0.2, 0.25) is 0 Å². The minimum absolute atomic E-state index is 0.101. The molecule has 1 N–H and O–H groups in total. The van der Waals surface area contributed by atoms with E-state index in [0.717, 1.165) is 23.6 Å². The van der Waals surface area contributed by atoms with Gasteiger partial charge in [-0.1, -0.05) is 6.07 Å². The van der Waals surface area contributed by atoms with Crippen LogP contribution in [-0.4, -0.2) is 19.3 Å². The van der Waals surface area contributed by atoms with E-state index in [0.29, 0.717) is 6.61 Å². The van der Waals surface area contributed by atoms with Crippen molar-refractivity contribution in [3.05, 3.63) is 23.8 Å². The van der Waals surface area contributed by atoms with Gasteiger partial charge in [0.05, 0.1) is 13.7 Å². The smallest absolute Gasteiger partial charge is 0.127 e. The predicted octanol–water partition coefficient (Wildman–Crippen LogP) is 2.98. The minimum Gasteiger partial charge on any atom is -0.497 e. The lowest BCUT2D eigenvalue weighted by atomic mass is 10.1. The fraction of sp³-hybridized carbons (Fsp3) is 0.571. The molecule has 96 valence electrons. The number of rotatable bonds is 5. The first-order valence-corrected chi connectivity index (χ1v) is 6.01. The third-order valence-electron chi connectivity index (χ3n) is 2.38. The molecule has 0 radical (unpaired) electrons. The molecular formula is C14H23NO2. The SMILES string of the molecule is CCOc1cc(OC)ccc1CNC(C)(C)C. The Balaban J connectivity index is 2.82. The largest absolute Gasteiger partial charge is 0.497 e. The van der Waals surface area contributed by atoms with Crippen LogP contribution in [0.2, 0.25) is 0 Å². The van der Waals surface area contributed by atoms with Crippen LogP contribution in [0.1, 0.15) is 33.3 Å². The molecule has 3 heteroatoms. The number of ether oxygens (including phenoxy) is 2. The van der Waals surface area contributed by atoms with E-state index in [1.807, 2.05) is 25.1 Å². The maximum Gasteiger partial charge on any atom is 0.127 e. The molecule has 0 amide bonds. The molecule has 0 saturated carbocycles. The Hall–Kier alpha value is -1.22. The molecule has 0 aliphatic heterocycles. The van der Waals surface area contributed by atoms with Crippen LogP contribution in [0.15, 0.2) is 18.2 Å². The summed E-state index contributed by atoms with van der Waals surface area (Å²) in [5, 5.41) is 3.45. The van der Waals surface area contributed by atoms with Gasteiger partial charge in [0.25, 0.3) is 0 Å². The zero-order chi connectivity index (χ0) is 12.9. The van der Waals surface area contributed by atoms with Crippen molar-refractivity contribution in [3.8, 4) is 11.5 Å². The van der Waals surface area contributed by atoms with E-state index in [4.69, 9.17) is 9.47 Å². The van der Waals surface area contributed by atoms with Crippen LogP contribution in [0.25, 0.3) is 0 Å². The third kappa shape index (κ3) is 4.65. The molecule has 0 heterocycles. The highest BCUT2D eigenvalue weighted by Crippen LogP contribution is 2.25. The van der Waals surface area contributed by atoms with Crippen LogP contribution in [0, 0.1) is 0 Å². The second-order valence-corrected chi connectivity index (χ2v) is 5.01. The van der Waals surface area contributed by atoms with Gasteiger partial charge >= 0.3 is 0 Å². The summed E-state index contributed by atoms with van der Waals surface area (Å²) >= 11 is 0. The van der Waals surface area contributed by atoms with Crippen molar-refractivity contribution in [1.82, 2.24) is 5.32 Å². The van der Waals surface area contributed by atoms with E-state index in [-0.39, 0.29) is 5.54 Å². The van der Waals surface area contributed by atoms with Crippen LogP contribution in [0.3, 0.4) is 0 Å². The lowest BCUT2D eigenvalue weighted by Gasteiger charge is -2.21. The molecule has 0 fully saturated rings. The Bertz CT molecular complexity index is 356. The number of hydrogen-bond acceptors (Lipinski definition) is 3. The molecule has 0 saturated heterocycles. The number of nitrogens with one attached hydrogen (secondary N) is 1. The first-order chi connectivity index (χ1) is 7.96. The number of methoxy groups -OCH3 is 1. The highest BCUT2D eigenvalue weighted by Gasteiger charge is 2.11. The molecule has 0 aromatic heterocycles. The Morgan fingerprint density at radius 1 is 1.24 bits per heavy atom. The van der Waals surface area contributed by atoms with Gasteiger partial charge in [0, 0.05) is 23.7 Å². The number of benzene rings is 1. The molecule has 1 aromatic carbocycles. The Morgan fingerprint density at radius 3 is 2.47 bits per heavy atom. The van der Waals surface area contributed by atoms with E-state index in [9.17, 15) is 0 Å². The molecule has 0 atom stereocenters. The first-order valence-electron chi connectivity index (χ1n) is 6.01. The molecular weight excluding hydrogens is 214 g/mol. The van der Waals surface area contributed by atoms with Crippen molar-refractivity contribution < 1.29 is 9.47 Å². The molecule has 1 aromatic rings. The second kappa shape index (κ2) is 5.92. The van der Waals surface area contributed by atoms with Crippen LogP contribution in [0.5, 0.6) is 11.5 Å². The van der Waals surface area contributed by atoms with E-state index < -0.39 is 0 Å². The summed E-state index contributed by atoms with van der Waals surface area (Å²) in [6, 6.07) is 5.94. The van der Waals surface area contributed by atoms with E-state index >= 15 is 0 Å². The van der Waals surface area contributed by atoms with Crippen molar-refractivity contribution in [3.63, 3.8) is 0 Å². The predicted molar refractivity (Wildman–Crippen MR) is 70.8 cm³/mol. The maximum atomic E-state index is 5.62. The summed E-state index contributed by atoms with van der Waals surface area (Å²) < 4.78 is 10.8. The first kappa shape index (κ1) is 13.8. The lowest BCUT2D eigenvalue weighted by molar-refractivity contribution is 0.328. The van der Waals surface area contributed by atoms with Crippen LogP contribution in [-0.2, 0) is 6.54 Å². The molecule has 0 bridgehead atoms. The average molecular weight is 237 g/mol. The van der Waals surface area contributed by atoms with Crippen LogP contribution in [0.4, 0.5) is 0 Å². The standard InChI is InChI=1S/C14H23NO2/c1-6-17-13-9-12(16-5)8-7-11(13)10-15-14(2,3)4/h7-9,15H,6,10H2,1-5H3. The van der Waals surface area contributed by atoms with E-state index in [1.54, 1.807) is 7.11 Å². The lowest BCUT2D eigenvalue weighted by Crippen LogP contribution is -2.35. The minimum atomic E-state index is 0.101. The highest BCUT2D eigenvalue weighted by atomic mass is 16.5. The topological polar surface area (TPSA) is 30.5 Å². The summed E-state index contributed by atoms with van der Waals surface area (Å²) in [7, 11) is 1.66. The van der Waals surface area contributed by atoms with Crippen molar-refractivity contribution in [2.75, 3.05) is 13.7 Å². The van der Waals surface area contributed by atoms with Crippen molar-refractivity contribution in [2.45, 2.75) is 39.8 Å². The molecule has 3 nitrogen and oxygen atoms in total. The van der Waals surface area contributed by atoms with Gasteiger partial charge in [0.1, 0.15) is 11.5 Å². The van der Waals surface area contributed by atoms with Gasteiger partial charge < -0.3 is 14.8 Å².